The highest BCUT2D eigenvalue weighted by molar-refractivity contribution is 7.47. The minimum atomic E-state index is -4.93. The van der Waals surface area contributed by atoms with Gasteiger partial charge in [0.1, 0.15) is 25.4 Å². The molecule has 0 aromatic heterocycles. The van der Waals surface area contributed by atoms with E-state index in [1.54, 1.807) is 0 Å². The first-order valence-electron chi connectivity index (χ1n) is 34.8. The molecule has 0 heterocycles. The molecule has 0 aliphatic heterocycles. The van der Waals surface area contributed by atoms with Crippen LogP contribution in [0.15, 0.2) is 122 Å². The molecule has 18 heteroatoms. The van der Waals surface area contributed by atoms with E-state index >= 15 is 0 Å². The van der Waals surface area contributed by atoms with Crippen molar-refractivity contribution in [2.24, 2.45) is 0 Å². The van der Waals surface area contributed by atoms with Crippen LogP contribution in [-0.2, 0) is 55.8 Å². The third-order valence-corrected chi connectivity index (χ3v) is 16.1. The molecule has 0 rings (SSSR count). The molecule has 91 heavy (non-hydrogen) atoms. The van der Waals surface area contributed by atoms with Gasteiger partial charge >= 0.3 is 33.6 Å². The summed E-state index contributed by atoms with van der Waals surface area (Å²) in [5.41, 5.74) is 0. The second-order valence-electron chi connectivity index (χ2n) is 23.0. The quantitative estimate of drug-likeness (QED) is 0.0146. The van der Waals surface area contributed by atoms with Crippen molar-refractivity contribution in [2.75, 3.05) is 39.6 Å². The van der Waals surface area contributed by atoms with Gasteiger partial charge in [0.25, 0.3) is 0 Å². The van der Waals surface area contributed by atoms with Crippen molar-refractivity contribution in [2.45, 2.75) is 283 Å². The lowest BCUT2D eigenvalue weighted by molar-refractivity contribution is -0.161. The molecule has 522 valence electrons. The SMILES string of the molecule is CC/C=C\C/C=C\C/C=C\C/C=C\C/C=C\C/C=C\CCCCC(=O)OCC(COP(=O)(O)OCC(O)COP(=O)(O)OCC(O)COC(=O)CCCCCCCCC/C=C\C/C=C\C/C=C\C/C=C\CCCCC)OC(=O)CCCCCCCCCCCCC. The van der Waals surface area contributed by atoms with E-state index in [0.717, 1.165) is 141 Å². The van der Waals surface area contributed by atoms with Crippen LogP contribution in [0.5, 0.6) is 0 Å². The first kappa shape index (κ1) is 87.0. The molecule has 0 saturated heterocycles. The molecule has 0 fully saturated rings. The van der Waals surface area contributed by atoms with Gasteiger partial charge in [-0.1, -0.05) is 251 Å². The second-order valence-corrected chi connectivity index (χ2v) is 25.9. The van der Waals surface area contributed by atoms with Gasteiger partial charge < -0.3 is 34.2 Å². The maximum Gasteiger partial charge on any atom is 0.472 e. The van der Waals surface area contributed by atoms with Gasteiger partial charge in [0.2, 0.25) is 0 Å². The molecule has 5 unspecified atom stereocenters. The highest BCUT2D eigenvalue weighted by Gasteiger charge is 2.29. The van der Waals surface area contributed by atoms with Gasteiger partial charge in [-0.05, 0) is 116 Å². The zero-order chi connectivity index (χ0) is 66.7. The summed E-state index contributed by atoms with van der Waals surface area (Å²) < 4.78 is 60.8. The van der Waals surface area contributed by atoms with Crippen LogP contribution < -0.4 is 0 Å². The predicted molar refractivity (Wildman–Crippen MR) is 371 cm³/mol. The normalized spacial score (nSPS) is 14.9. The Morgan fingerprint density at radius 3 is 0.967 bits per heavy atom. The lowest BCUT2D eigenvalue weighted by atomic mass is 10.1. The van der Waals surface area contributed by atoms with Crippen LogP contribution in [0.25, 0.3) is 0 Å². The molecule has 0 aromatic carbocycles. The third-order valence-electron chi connectivity index (χ3n) is 14.2. The topological polar surface area (TPSA) is 231 Å². The standard InChI is InChI=1S/C73H124O16P2/c1-4-7-10-13-16-19-22-24-26-28-30-32-33-35-37-38-40-42-45-47-50-53-56-59-71(76)83-62-68(74)63-85-90(79,80)86-64-69(75)65-87-91(81,82)88-67-70(89-73(78)61-58-55-52-49-44-21-18-15-12-9-6-3)66-84-72(77)60-57-54-51-48-46-43-41-39-36-34-31-29-27-25-23-20-17-14-11-8-5-2/h8,11,16-17,19-20,24-27,30-32,34-35,37,39,41,46,48,68-70,74-75H,4-7,9-10,12-15,18,21-23,28-29,33,36,38,40,42-45,47,49-67H2,1-3H3,(H,79,80)(H,81,82)/b11-8-,19-16-,20-17-,26-24-,27-25-,32-30-,34-31-,37-35-,41-39-,48-46-. The van der Waals surface area contributed by atoms with E-state index in [4.69, 9.17) is 32.3 Å². The molecule has 0 bridgehead atoms. The average molecular weight is 1320 g/mol. The van der Waals surface area contributed by atoms with Gasteiger partial charge in [0.05, 0.1) is 26.4 Å². The first-order valence-corrected chi connectivity index (χ1v) is 37.8. The summed E-state index contributed by atoms with van der Waals surface area (Å²) in [7, 11) is -9.79. The summed E-state index contributed by atoms with van der Waals surface area (Å²) in [6, 6.07) is 0. The van der Waals surface area contributed by atoms with E-state index in [9.17, 15) is 43.5 Å². The number of carbonyl (C=O) groups excluding carboxylic acids is 3. The van der Waals surface area contributed by atoms with Crippen molar-refractivity contribution in [3.63, 3.8) is 0 Å². The number of ether oxygens (including phenoxy) is 3. The summed E-state index contributed by atoms with van der Waals surface area (Å²) in [4.78, 5) is 58.3. The molecule has 4 N–H and O–H groups in total. The van der Waals surface area contributed by atoms with E-state index in [1.165, 1.54) is 64.2 Å². The number of phosphoric ester groups is 2. The van der Waals surface area contributed by atoms with Crippen molar-refractivity contribution < 1.29 is 75.8 Å². The van der Waals surface area contributed by atoms with Gasteiger partial charge in [-0.25, -0.2) is 9.13 Å². The van der Waals surface area contributed by atoms with Gasteiger partial charge in [0, 0.05) is 19.3 Å². The number of esters is 3. The molecule has 5 atom stereocenters. The molecule has 16 nitrogen and oxygen atoms in total. The number of unbranched alkanes of at least 4 members (excludes halogenated alkanes) is 22. The fourth-order valence-corrected chi connectivity index (χ4v) is 10.4. The number of allylic oxidation sites excluding steroid dienone is 20. The Bertz CT molecular complexity index is 2140. The van der Waals surface area contributed by atoms with Crippen molar-refractivity contribution >= 4 is 33.6 Å². The van der Waals surface area contributed by atoms with E-state index in [0.29, 0.717) is 19.3 Å². The van der Waals surface area contributed by atoms with E-state index in [-0.39, 0.29) is 19.3 Å². The van der Waals surface area contributed by atoms with E-state index in [2.05, 4.69) is 142 Å². The summed E-state index contributed by atoms with van der Waals surface area (Å²) in [5, 5.41) is 20.5. The van der Waals surface area contributed by atoms with Crippen LogP contribution in [0.2, 0.25) is 0 Å². The molecule has 0 aliphatic rings. The smallest absolute Gasteiger partial charge is 0.463 e. The summed E-state index contributed by atoms with van der Waals surface area (Å²) in [6.45, 7) is 2.44. The van der Waals surface area contributed by atoms with Crippen LogP contribution in [-0.4, -0.2) is 95.9 Å². The Morgan fingerprint density at radius 1 is 0.319 bits per heavy atom. The van der Waals surface area contributed by atoms with E-state index in [1.807, 2.05) is 0 Å². The molecule has 0 spiro atoms. The Labute approximate surface area is 551 Å². The lowest BCUT2D eigenvalue weighted by Crippen LogP contribution is -2.30. The molecule has 0 saturated carbocycles. The Morgan fingerprint density at radius 2 is 0.582 bits per heavy atom. The molecule has 0 aromatic rings. The molecule has 0 amide bonds. The van der Waals surface area contributed by atoms with Gasteiger partial charge in [-0.3, -0.25) is 32.5 Å². The van der Waals surface area contributed by atoms with Crippen LogP contribution in [0.1, 0.15) is 265 Å². The Hall–Kier alpha value is -4.05. The van der Waals surface area contributed by atoms with Gasteiger partial charge in [-0.2, -0.15) is 0 Å². The molecular formula is C73H124O16P2. The summed E-state index contributed by atoms with van der Waals surface area (Å²) in [5.74, 6) is -1.64. The van der Waals surface area contributed by atoms with E-state index < -0.39 is 91.5 Å². The van der Waals surface area contributed by atoms with Crippen molar-refractivity contribution in [1.82, 2.24) is 0 Å². The molecule has 0 aliphatic carbocycles. The number of hydrogen-bond donors (Lipinski definition) is 4. The number of rotatable bonds is 65. The number of aliphatic hydroxyl groups excluding tert-OH is 2. The maximum absolute atomic E-state index is 12.9. The molecule has 0 radical (unpaired) electrons. The fraction of sp³-hybridized carbons (Fsp3) is 0.685. The zero-order valence-corrected chi connectivity index (χ0v) is 58.3. The monoisotopic (exact) mass is 1320 g/mol. The van der Waals surface area contributed by atoms with Crippen molar-refractivity contribution in [3.05, 3.63) is 122 Å². The number of hydrogen-bond acceptors (Lipinski definition) is 14. The van der Waals surface area contributed by atoms with Gasteiger partial charge in [0.15, 0.2) is 6.10 Å². The van der Waals surface area contributed by atoms with Crippen LogP contribution in [0.3, 0.4) is 0 Å². The first-order chi connectivity index (χ1) is 44.2. The zero-order valence-electron chi connectivity index (χ0n) is 56.5. The van der Waals surface area contributed by atoms with Crippen LogP contribution in [0.4, 0.5) is 0 Å². The van der Waals surface area contributed by atoms with Crippen molar-refractivity contribution in [1.29, 1.82) is 0 Å². The van der Waals surface area contributed by atoms with Gasteiger partial charge in [-0.15, -0.1) is 0 Å². The Balaban J connectivity index is 4.62. The van der Waals surface area contributed by atoms with Crippen LogP contribution >= 0.6 is 15.6 Å². The fourth-order valence-electron chi connectivity index (χ4n) is 8.85. The maximum atomic E-state index is 12.9. The average Bonchev–Trinajstić information content (AvgIpc) is 3.66. The highest BCUT2D eigenvalue weighted by Crippen LogP contribution is 2.45. The summed E-state index contributed by atoms with van der Waals surface area (Å²) in [6.07, 6.45) is 75.4. The summed E-state index contributed by atoms with van der Waals surface area (Å²) >= 11 is 0. The van der Waals surface area contributed by atoms with Crippen LogP contribution in [0, 0.1) is 0 Å². The predicted octanol–water partition coefficient (Wildman–Crippen LogP) is 19.4. The minimum absolute atomic E-state index is 0.0938. The molecular weight excluding hydrogens is 1190 g/mol. The number of phosphoric acid groups is 2. The number of carbonyl (C=O) groups is 3. The second kappa shape index (κ2) is 66.0. The largest absolute Gasteiger partial charge is 0.472 e. The van der Waals surface area contributed by atoms with Crippen molar-refractivity contribution in [3.8, 4) is 0 Å². The highest BCUT2D eigenvalue weighted by atomic mass is 31.2. The Kier molecular flexibility index (Phi) is 63.1. The lowest BCUT2D eigenvalue weighted by Gasteiger charge is -2.21. The number of aliphatic hydroxyl groups is 2. The third kappa shape index (κ3) is 67.2. The minimum Gasteiger partial charge on any atom is -0.463 e.